The molecule has 3 aromatic rings. The van der Waals surface area contributed by atoms with Gasteiger partial charge in [-0.05, 0) is 78.4 Å². The van der Waals surface area contributed by atoms with Crippen LogP contribution in [0.4, 0.5) is 5.95 Å². The van der Waals surface area contributed by atoms with Gasteiger partial charge in [-0.15, -0.1) is 5.10 Å². The van der Waals surface area contributed by atoms with Crippen LogP contribution in [-0.4, -0.2) is 63.1 Å². The number of nitrogens with zero attached hydrogens (tertiary/aromatic N) is 5. The van der Waals surface area contributed by atoms with Gasteiger partial charge >= 0.3 is 0 Å². The number of ether oxygens (including phenoxy) is 1. The molecular formula is C26H33BrN7O2+. The van der Waals surface area contributed by atoms with E-state index in [0.29, 0.717) is 22.5 Å². The van der Waals surface area contributed by atoms with Crippen molar-refractivity contribution in [2.75, 3.05) is 38.2 Å². The van der Waals surface area contributed by atoms with E-state index in [4.69, 9.17) is 9.72 Å². The van der Waals surface area contributed by atoms with Gasteiger partial charge in [0.25, 0.3) is 0 Å². The highest BCUT2D eigenvalue weighted by Crippen LogP contribution is 2.64. The first-order valence-electron chi connectivity index (χ1n) is 13.3. The summed E-state index contributed by atoms with van der Waals surface area (Å²) in [4.78, 5) is 24.9. The quantitative estimate of drug-likeness (QED) is 0.487. The van der Waals surface area contributed by atoms with Crippen molar-refractivity contribution in [3.8, 4) is 0 Å². The minimum absolute atomic E-state index is 0.111. The van der Waals surface area contributed by atoms with Crippen LogP contribution in [0.25, 0.3) is 11.0 Å². The van der Waals surface area contributed by atoms with Crippen LogP contribution in [0, 0.1) is 17.3 Å². The van der Waals surface area contributed by atoms with E-state index in [1.165, 1.54) is 6.42 Å². The predicted octanol–water partition coefficient (Wildman–Crippen LogP) is 2.24. The lowest BCUT2D eigenvalue weighted by molar-refractivity contribution is -0.908. The second-order valence-electron chi connectivity index (χ2n) is 11.6. The normalized spacial score (nSPS) is 31.8. The number of imidazole rings is 1. The molecular weight excluding hydrogens is 522 g/mol. The van der Waals surface area contributed by atoms with Gasteiger partial charge in [-0.3, -0.25) is 10.1 Å². The van der Waals surface area contributed by atoms with Crippen molar-refractivity contribution in [2.45, 2.75) is 50.6 Å². The Labute approximate surface area is 218 Å². The molecule has 5 aliphatic rings. The number of nitrogens with one attached hydrogen (secondary N) is 2. The molecule has 2 N–H and O–H groups in total. The van der Waals surface area contributed by atoms with E-state index in [1.807, 2.05) is 24.5 Å². The Morgan fingerprint density at radius 2 is 1.94 bits per heavy atom. The molecule has 3 heterocycles. The number of rotatable bonds is 6. The highest BCUT2D eigenvalue weighted by Gasteiger charge is 2.62. The van der Waals surface area contributed by atoms with Gasteiger partial charge < -0.3 is 14.2 Å². The molecule has 190 valence electrons. The number of aromatic nitrogens is 5. The van der Waals surface area contributed by atoms with Gasteiger partial charge in [0, 0.05) is 0 Å². The van der Waals surface area contributed by atoms with Crippen molar-refractivity contribution in [3.63, 3.8) is 0 Å². The number of fused-ring (bicyclic) bond motifs is 1. The zero-order chi connectivity index (χ0) is 24.3. The number of benzene rings is 1. The van der Waals surface area contributed by atoms with Crippen molar-refractivity contribution >= 4 is 38.8 Å². The van der Waals surface area contributed by atoms with E-state index < -0.39 is 0 Å². The highest BCUT2D eigenvalue weighted by molar-refractivity contribution is 9.10. The molecule has 1 aliphatic heterocycles. The topological polar surface area (TPSA) is 91.3 Å². The monoisotopic (exact) mass is 554 g/mol. The van der Waals surface area contributed by atoms with Gasteiger partial charge in [0.2, 0.25) is 16.6 Å². The molecule has 2 atom stereocenters. The zero-order valence-electron chi connectivity index (χ0n) is 20.5. The lowest BCUT2D eigenvalue weighted by Gasteiger charge is -2.60. The number of hydrogen-bond acceptors (Lipinski definition) is 5. The van der Waals surface area contributed by atoms with Crippen LogP contribution in [0.15, 0.2) is 35.3 Å². The molecule has 4 bridgehead atoms. The number of carbonyl (C=O) groups is 1. The van der Waals surface area contributed by atoms with Gasteiger partial charge in [-0.25, -0.2) is 14.6 Å². The average molecular weight is 556 g/mol. The molecule has 0 radical (unpaired) electrons. The summed E-state index contributed by atoms with van der Waals surface area (Å²) in [7, 11) is 0. The smallest absolute Gasteiger partial charge is 0.233 e. The lowest BCUT2D eigenvalue weighted by atomic mass is 9.46. The molecule has 1 amide bonds. The first-order valence-corrected chi connectivity index (χ1v) is 14.1. The fraction of sp³-hybridized carbons (Fsp3) is 0.615. The third-order valence-corrected chi connectivity index (χ3v) is 9.59. The molecule has 8 rings (SSSR count). The van der Waals surface area contributed by atoms with Gasteiger partial charge in [-0.2, -0.15) is 0 Å². The fourth-order valence-corrected chi connectivity index (χ4v) is 8.29. The number of carbonyl (C=O) groups excluding carboxylic acids is 1. The third-order valence-electron chi connectivity index (χ3n) is 9.23. The number of quaternary nitrogens is 1. The SMILES string of the molecule is O=C(Nc1nc2ccccc2n1CC[NH+]1CCOCC1)C12CC3CC(C1)CC(n1cnc(Br)n1)(C3)C2. The highest BCUT2D eigenvalue weighted by atomic mass is 79.9. The Bertz CT molecular complexity index is 1280. The molecule has 2 unspecified atom stereocenters. The number of para-hydroxylation sites is 2. The van der Waals surface area contributed by atoms with E-state index in [2.05, 4.69) is 46.6 Å². The molecule has 5 fully saturated rings. The average Bonchev–Trinajstić information content (AvgIpc) is 3.46. The first kappa shape index (κ1) is 22.9. The second kappa shape index (κ2) is 8.63. The Morgan fingerprint density at radius 1 is 1.17 bits per heavy atom. The third kappa shape index (κ3) is 3.80. The Hall–Kier alpha value is -2.30. The van der Waals surface area contributed by atoms with Gasteiger partial charge in [0.05, 0.1) is 48.3 Å². The first-order chi connectivity index (χ1) is 17.5. The molecule has 9 nitrogen and oxygen atoms in total. The van der Waals surface area contributed by atoms with Crippen molar-refractivity contribution in [2.24, 2.45) is 17.3 Å². The Kier molecular flexibility index (Phi) is 5.48. The molecule has 2 aromatic heterocycles. The maximum absolute atomic E-state index is 14.1. The van der Waals surface area contributed by atoms with Crippen LogP contribution < -0.4 is 10.2 Å². The molecule has 0 spiro atoms. The number of amides is 1. The van der Waals surface area contributed by atoms with Gasteiger partial charge in [0.15, 0.2) is 0 Å². The molecule has 1 saturated heterocycles. The molecule has 36 heavy (non-hydrogen) atoms. The predicted molar refractivity (Wildman–Crippen MR) is 138 cm³/mol. The number of anilines is 1. The van der Waals surface area contributed by atoms with Gasteiger partial charge in [0.1, 0.15) is 19.4 Å². The number of hydrogen-bond donors (Lipinski definition) is 2. The molecule has 10 heteroatoms. The van der Waals surface area contributed by atoms with Crippen LogP contribution in [0.3, 0.4) is 0 Å². The lowest BCUT2D eigenvalue weighted by Crippen LogP contribution is -3.14. The van der Waals surface area contributed by atoms with Gasteiger partial charge in [-0.1, -0.05) is 12.1 Å². The maximum Gasteiger partial charge on any atom is 0.233 e. The van der Waals surface area contributed by atoms with E-state index in [0.717, 1.165) is 82.5 Å². The zero-order valence-corrected chi connectivity index (χ0v) is 22.0. The van der Waals surface area contributed by atoms with Crippen molar-refractivity contribution < 1.29 is 14.4 Å². The minimum Gasteiger partial charge on any atom is -0.370 e. The fourth-order valence-electron chi connectivity index (χ4n) is 8.03. The van der Waals surface area contributed by atoms with Crippen molar-refractivity contribution in [1.82, 2.24) is 24.3 Å². The van der Waals surface area contributed by atoms with E-state index in [-0.39, 0.29) is 16.9 Å². The largest absolute Gasteiger partial charge is 0.370 e. The van der Waals surface area contributed by atoms with Crippen LogP contribution in [0.2, 0.25) is 0 Å². The van der Waals surface area contributed by atoms with Crippen molar-refractivity contribution in [1.29, 1.82) is 0 Å². The number of halogens is 1. The summed E-state index contributed by atoms with van der Waals surface area (Å²) >= 11 is 3.42. The van der Waals surface area contributed by atoms with E-state index >= 15 is 0 Å². The Balaban J connectivity index is 1.18. The van der Waals surface area contributed by atoms with E-state index in [1.54, 1.807) is 4.90 Å². The van der Waals surface area contributed by atoms with Crippen molar-refractivity contribution in [3.05, 3.63) is 35.3 Å². The van der Waals surface area contributed by atoms with Crippen LogP contribution in [0.5, 0.6) is 0 Å². The molecule has 1 aromatic carbocycles. The summed E-state index contributed by atoms with van der Waals surface area (Å²) < 4.78 is 10.4. The summed E-state index contributed by atoms with van der Waals surface area (Å²) in [5.41, 5.74) is 1.52. The van der Waals surface area contributed by atoms with E-state index in [9.17, 15) is 4.79 Å². The Morgan fingerprint density at radius 3 is 2.69 bits per heavy atom. The summed E-state index contributed by atoms with van der Waals surface area (Å²) in [5.74, 6) is 1.94. The second-order valence-corrected chi connectivity index (χ2v) is 12.3. The van der Waals surface area contributed by atoms with Crippen LogP contribution in [-0.2, 0) is 21.6 Å². The van der Waals surface area contributed by atoms with Crippen LogP contribution >= 0.6 is 15.9 Å². The molecule has 4 aliphatic carbocycles. The summed E-state index contributed by atoms with van der Waals surface area (Å²) in [6.45, 7) is 5.51. The summed E-state index contributed by atoms with van der Waals surface area (Å²) in [6, 6.07) is 8.20. The standard InChI is InChI=1S/C26H32BrN7O2/c27-23-28-17-34(31-23)26-14-18-11-19(15-26)13-25(12-18,16-26)22(35)30-24-29-20-3-1-2-4-21(20)33(24)6-5-32-7-9-36-10-8-32/h1-4,17-19H,5-16H2,(H,29,30,35)/p+1. The molecule has 4 saturated carbocycles. The number of morpholine rings is 1. The summed E-state index contributed by atoms with van der Waals surface area (Å²) in [5, 5.41) is 7.99. The maximum atomic E-state index is 14.1. The summed E-state index contributed by atoms with van der Waals surface area (Å²) in [6.07, 6.45) is 8.01. The van der Waals surface area contributed by atoms with Crippen LogP contribution in [0.1, 0.15) is 38.5 Å². The minimum atomic E-state index is -0.374.